The van der Waals surface area contributed by atoms with Crippen LogP contribution in [0.3, 0.4) is 0 Å². The van der Waals surface area contributed by atoms with Crippen LogP contribution in [0.1, 0.15) is 13.8 Å². The highest BCUT2D eigenvalue weighted by molar-refractivity contribution is 9.10. The van der Waals surface area contributed by atoms with Crippen LogP contribution in [-0.2, 0) is 7.05 Å². The molecule has 0 aliphatic rings. The summed E-state index contributed by atoms with van der Waals surface area (Å²) in [4.78, 5) is 11.5. The topological polar surface area (TPSA) is 59.0 Å². The molecule has 0 radical (unpaired) electrons. The zero-order valence-corrected chi connectivity index (χ0v) is 11.3. The van der Waals surface area contributed by atoms with E-state index in [1.54, 1.807) is 13.2 Å². The molecule has 1 aromatic rings. The second-order valence-corrected chi connectivity index (χ2v) is 4.63. The van der Waals surface area contributed by atoms with Gasteiger partial charge in [-0.1, -0.05) is 13.8 Å². The van der Waals surface area contributed by atoms with Gasteiger partial charge in [0.15, 0.2) is 0 Å². The molecular formula is C10H17BrN4O. The molecule has 0 saturated carbocycles. The van der Waals surface area contributed by atoms with Gasteiger partial charge < -0.3 is 10.6 Å². The highest BCUT2D eigenvalue weighted by Crippen LogP contribution is 2.14. The molecule has 0 atom stereocenters. The minimum atomic E-state index is -0.137. The summed E-state index contributed by atoms with van der Waals surface area (Å²) in [6.45, 7) is 5.79. The molecule has 90 valence electrons. The third kappa shape index (κ3) is 3.61. The molecule has 0 fully saturated rings. The van der Waals surface area contributed by atoms with Crippen LogP contribution in [0, 0.1) is 0 Å². The van der Waals surface area contributed by atoms with Crippen LogP contribution in [0.4, 0.5) is 5.69 Å². The first-order chi connectivity index (χ1) is 7.52. The maximum atomic E-state index is 11.5. The maximum absolute atomic E-state index is 11.5. The largest absolute Gasteiger partial charge is 0.381 e. The highest BCUT2D eigenvalue weighted by atomic mass is 79.9. The number of aryl methyl sites for hydroxylation is 1. The van der Waals surface area contributed by atoms with Gasteiger partial charge in [-0.25, -0.2) is 4.68 Å². The van der Waals surface area contributed by atoms with Gasteiger partial charge in [0.1, 0.15) is 4.47 Å². The number of rotatable bonds is 5. The molecule has 6 heteroatoms. The van der Waals surface area contributed by atoms with Crippen molar-refractivity contribution in [3.63, 3.8) is 0 Å². The van der Waals surface area contributed by atoms with E-state index in [0.717, 1.165) is 18.8 Å². The molecule has 16 heavy (non-hydrogen) atoms. The number of halogens is 1. The Morgan fingerprint density at radius 2 is 2.19 bits per heavy atom. The van der Waals surface area contributed by atoms with Crippen molar-refractivity contribution in [3.05, 3.63) is 21.0 Å². The third-order valence-electron chi connectivity index (χ3n) is 2.07. The van der Waals surface area contributed by atoms with Crippen LogP contribution >= 0.6 is 15.9 Å². The van der Waals surface area contributed by atoms with Crippen LogP contribution in [0.15, 0.2) is 15.5 Å². The number of hydrogen-bond donors (Lipinski definition) is 2. The molecule has 2 N–H and O–H groups in total. The summed E-state index contributed by atoms with van der Waals surface area (Å²) in [5.41, 5.74) is 0.593. The Balaban J connectivity index is 2.55. The summed E-state index contributed by atoms with van der Waals surface area (Å²) in [6.07, 6.45) is 1.64. The second-order valence-electron chi connectivity index (χ2n) is 3.84. The van der Waals surface area contributed by atoms with Crippen molar-refractivity contribution in [2.45, 2.75) is 19.9 Å². The lowest BCUT2D eigenvalue weighted by Crippen LogP contribution is -2.29. The molecule has 1 rings (SSSR count). The van der Waals surface area contributed by atoms with Gasteiger partial charge in [-0.3, -0.25) is 4.79 Å². The van der Waals surface area contributed by atoms with E-state index in [1.165, 1.54) is 4.68 Å². The van der Waals surface area contributed by atoms with Gasteiger partial charge in [0.25, 0.3) is 5.56 Å². The van der Waals surface area contributed by atoms with E-state index >= 15 is 0 Å². The van der Waals surface area contributed by atoms with Gasteiger partial charge in [-0.2, -0.15) is 5.10 Å². The minimum Gasteiger partial charge on any atom is -0.381 e. The molecular weight excluding hydrogens is 272 g/mol. The monoisotopic (exact) mass is 288 g/mol. The lowest BCUT2D eigenvalue weighted by molar-refractivity contribution is 0.602. The Labute approximate surface area is 103 Å². The van der Waals surface area contributed by atoms with E-state index in [2.05, 4.69) is 45.5 Å². The van der Waals surface area contributed by atoms with E-state index in [9.17, 15) is 4.79 Å². The fraction of sp³-hybridized carbons (Fsp3) is 0.600. The number of hydrogen-bond acceptors (Lipinski definition) is 4. The molecule has 0 bridgehead atoms. The van der Waals surface area contributed by atoms with Crippen molar-refractivity contribution >= 4 is 21.6 Å². The van der Waals surface area contributed by atoms with Gasteiger partial charge in [-0.15, -0.1) is 0 Å². The SMILES string of the molecule is CC(C)NCCNc1cnn(C)c(=O)c1Br. The Kier molecular flexibility index (Phi) is 4.95. The fourth-order valence-electron chi connectivity index (χ4n) is 1.19. The molecule has 0 unspecified atom stereocenters. The van der Waals surface area contributed by atoms with E-state index < -0.39 is 0 Å². The zero-order valence-electron chi connectivity index (χ0n) is 9.75. The van der Waals surface area contributed by atoms with Crippen molar-refractivity contribution in [2.75, 3.05) is 18.4 Å². The number of aromatic nitrogens is 2. The van der Waals surface area contributed by atoms with Crippen LogP contribution in [0.2, 0.25) is 0 Å². The maximum Gasteiger partial charge on any atom is 0.282 e. The molecule has 5 nitrogen and oxygen atoms in total. The number of nitrogens with one attached hydrogen (secondary N) is 2. The predicted octanol–water partition coefficient (Wildman–Crippen LogP) is 0.953. The van der Waals surface area contributed by atoms with Gasteiger partial charge in [0, 0.05) is 26.2 Å². The van der Waals surface area contributed by atoms with Crippen molar-refractivity contribution in [1.82, 2.24) is 15.1 Å². The highest BCUT2D eigenvalue weighted by Gasteiger charge is 2.05. The summed E-state index contributed by atoms with van der Waals surface area (Å²) in [5, 5.41) is 10.4. The molecule has 0 aromatic carbocycles. The summed E-state index contributed by atoms with van der Waals surface area (Å²) in [6, 6.07) is 0.465. The molecule has 0 spiro atoms. The minimum absolute atomic E-state index is 0.137. The Morgan fingerprint density at radius 1 is 1.50 bits per heavy atom. The van der Waals surface area contributed by atoms with Crippen LogP contribution < -0.4 is 16.2 Å². The fourth-order valence-corrected chi connectivity index (χ4v) is 1.69. The molecule has 0 aliphatic heterocycles. The number of anilines is 1. The number of nitrogens with zero attached hydrogens (tertiary/aromatic N) is 2. The van der Waals surface area contributed by atoms with Crippen molar-refractivity contribution < 1.29 is 0 Å². The van der Waals surface area contributed by atoms with E-state index in [4.69, 9.17) is 0 Å². The average molecular weight is 289 g/mol. The van der Waals surface area contributed by atoms with Crippen molar-refractivity contribution in [2.24, 2.45) is 7.05 Å². The van der Waals surface area contributed by atoms with E-state index in [1.807, 2.05) is 0 Å². The summed E-state index contributed by atoms with van der Waals surface area (Å²) in [5.74, 6) is 0. The van der Waals surface area contributed by atoms with Crippen LogP contribution in [-0.4, -0.2) is 28.9 Å². The first-order valence-corrected chi connectivity index (χ1v) is 6.00. The molecule has 0 saturated heterocycles. The molecule has 0 amide bonds. The smallest absolute Gasteiger partial charge is 0.282 e. The summed E-state index contributed by atoms with van der Waals surface area (Å²) >= 11 is 3.26. The van der Waals surface area contributed by atoms with Gasteiger partial charge >= 0.3 is 0 Å². The second kappa shape index (κ2) is 6.00. The standard InChI is InChI=1S/C10H17BrN4O/c1-7(2)12-4-5-13-8-6-14-15(3)10(16)9(8)11/h6-7,12-13H,4-5H2,1-3H3. The molecule has 0 aliphatic carbocycles. The zero-order chi connectivity index (χ0) is 12.1. The van der Waals surface area contributed by atoms with E-state index in [0.29, 0.717) is 10.5 Å². The first-order valence-electron chi connectivity index (χ1n) is 5.21. The molecule has 1 aromatic heterocycles. The lowest BCUT2D eigenvalue weighted by Gasteiger charge is -2.11. The Hall–Kier alpha value is -0.880. The third-order valence-corrected chi connectivity index (χ3v) is 2.84. The summed E-state index contributed by atoms with van der Waals surface area (Å²) in [7, 11) is 1.62. The summed E-state index contributed by atoms with van der Waals surface area (Å²) < 4.78 is 1.82. The quantitative estimate of drug-likeness (QED) is 0.793. The van der Waals surface area contributed by atoms with Gasteiger partial charge in [-0.05, 0) is 15.9 Å². The Bertz CT molecular complexity index is 402. The van der Waals surface area contributed by atoms with E-state index in [-0.39, 0.29) is 5.56 Å². The molecule has 1 heterocycles. The van der Waals surface area contributed by atoms with Gasteiger partial charge in [0.05, 0.1) is 11.9 Å². The van der Waals surface area contributed by atoms with Crippen LogP contribution in [0.5, 0.6) is 0 Å². The average Bonchev–Trinajstić information content (AvgIpc) is 2.23. The first kappa shape index (κ1) is 13.2. The van der Waals surface area contributed by atoms with Crippen molar-refractivity contribution in [3.8, 4) is 0 Å². The Morgan fingerprint density at radius 3 is 2.81 bits per heavy atom. The van der Waals surface area contributed by atoms with Crippen molar-refractivity contribution in [1.29, 1.82) is 0 Å². The van der Waals surface area contributed by atoms with Gasteiger partial charge in [0.2, 0.25) is 0 Å². The normalized spacial score (nSPS) is 10.8. The lowest BCUT2D eigenvalue weighted by atomic mass is 10.4. The predicted molar refractivity (Wildman–Crippen MR) is 68.8 cm³/mol. The van der Waals surface area contributed by atoms with Crippen LogP contribution in [0.25, 0.3) is 0 Å².